The highest BCUT2D eigenvalue weighted by molar-refractivity contribution is 6.30. The van der Waals surface area contributed by atoms with Crippen molar-refractivity contribution in [1.29, 1.82) is 0 Å². The van der Waals surface area contributed by atoms with Gasteiger partial charge in [-0.3, -0.25) is 9.59 Å². The van der Waals surface area contributed by atoms with Crippen LogP contribution in [0.25, 0.3) is 0 Å². The maximum absolute atomic E-state index is 12.2. The Bertz CT molecular complexity index is 953. The molecule has 3 aromatic carbocycles. The highest BCUT2D eigenvalue weighted by Gasteiger charge is 2.05. The molecular formula is C22H20ClN3O2. The van der Waals surface area contributed by atoms with E-state index in [-0.39, 0.29) is 18.2 Å². The molecule has 0 unspecified atom stereocenters. The van der Waals surface area contributed by atoms with Crippen LogP contribution in [-0.2, 0) is 16.0 Å². The number of anilines is 4. The number of rotatable bonds is 6. The molecule has 3 N–H and O–H groups in total. The van der Waals surface area contributed by atoms with Crippen LogP contribution in [0.15, 0.2) is 72.8 Å². The topological polar surface area (TPSA) is 70.2 Å². The molecule has 0 bridgehead atoms. The van der Waals surface area contributed by atoms with Gasteiger partial charge in [0.1, 0.15) is 0 Å². The van der Waals surface area contributed by atoms with Crippen molar-refractivity contribution in [3.05, 3.63) is 83.4 Å². The molecule has 0 aliphatic carbocycles. The predicted molar refractivity (Wildman–Crippen MR) is 114 cm³/mol. The van der Waals surface area contributed by atoms with Gasteiger partial charge >= 0.3 is 0 Å². The van der Waals surface area contributed by atoms with Crippen molar-refractivity contribution in [3.8, 4) is 0 Å². The number of benzene rings is 3. The number of nitrogens with one attached hydrogen (secondary N) is 3. The first-order valence-electron chi connectivity index (χ1n) is 8.77. The Morgan fingerprint density at radius 1 is 0.714 bits per heavy atom. The van der Waals surface area contributed by atoms with Gasteiger partial charge in [0.25, 0.3) is 0 Å². The van der Waals surface area contributed by atoms with Gasteiger partial charge in [0.2, 0.25) is 11.8 Å². The van der Waals surface area contributed by atoms with Crippen molar-refractivity contribution in [2.24, 2.45) is 0 Å². The second-order valence-electron chi connectivity index (χ2n) is 6.31. The van der Waals surface area contributed by atoms with E-state index in [1.54, 1.807) is 12.1 Å². The number of hydrogen-bond donors (Lipinski definition) is 3. The third-order valence-corrected chi connectivity index (χ3v) is 4.19. The summed E-state index contributed by atoms with van der Waals surface area (Å²) in [4.78, 5) is 23.2. The Hall–Kier alpha value is -3.31. The number of hydrogen-bond acceptors (Lipinski definition) is 3. The van der Waals surface area contributed by atoms with Gasteiger partial charge in [0.15, 0.2) is 0 Å². The van der Waals surface area contributed by atoms with Crippen LogP contribution in [0.1, 0.15) is 12.5 Å². The van der Waals surface area contributed by atoms with Gasteiger partial charge in [0, 0.05) is 34.7 Å². The lowest BCUT2D eigenvalue weighted by Crippen LogP contribution is -2.14. The van der Waals surface area contributed by atoms with Crippen molar-refractivity contribution in [2.75, 3.05) is 16.0 Å². The standard InChI is InChI=1S/C22H20ClN3O2/c1-15(27)24-18-6-8-19(9-7-18)25-20-10-12-21(13-11-20)26-22(28)14-16-2-4-17(23)5-3-16/h2-13,25H,14H2,1H3,(H,24,27)(H,26,28). The van der Waals surface area contributed by atoms with Crippen molar-refractivity contribution in [2.45, 2.75) is 13.3 Å². The molecule has 0 spiro atoms. The summed E-state index contributed by atoms with van der Waals surface area (Å²) in [6.45, 7) is 1.47. The zero-order valence-electron chi connectivity index (χ0n) is 15.3. The van der Waals surface area contributed by atoms with E-state index >= 15 is 0 Å². The van der Waals surface area contributed by atoms with Crippen LogP contribution in [0, 0.1) is 0 Å². The molecule has 3 rings (SSSR count). The summed E-state index contributed by atoms with van der Waals surface area (Å²) in [7, 11) is 0. The zero-order valence-corrected chi connectivity index (χ0v) is 16.1. The normalized spacial score (nSPS) is 10.2. The molecule has 5 nitrogen and oxygen atoms in total. The van der Waals surface area contributed by atoms with Gasteiger partial charge in [-0.1, -0.05) is 23.7 Å². The Morgan fingerprint density at radius 2 is 1.18 bits per heavy atom. The fourth-order valence-corrected chi connectivity index (χ4v) is 2.76. The lowest BCUT2D eigenvalue weighted by atomic mass is 10.1. The van der Waals surface area contributed by atoms with Crippen molar-refractivity contribution in [3.63, 3.8) is 0 Å². The molecule has 3 aromatic rings. The Kier molecular flexibility index (Phi) is 6.29. The van der Waals surface area contributed by atoms with E-state index in [9.17, 15) is 9.59 Å². The minimum absolute atomic E-state index is 0.0865. The lowest BCUT2D eigenvalue weighted by molar-refractivity contribution is -0.116. The number of carbonyl (C=O) groups is 2. The summed E-state index contributed by atoms with van der Waals surface area (Å²) >= 11 is 5.86. The molecule has 28 heavy (non-hydrogen) atoms. The Balaban J connectivity index is 1.55. The van der Waals surface area contributed by atoms with E-state index in [2.05, 4.69) is 16.0 Å². The molecule has 0 aliphatic rings. The van der Waals surface area contributed by atoms with Crippen LogP contribution < -0.4 is 16.0 Å². The fourth-order valence-electron chi connectivity index (χ4n) is 2.64. The van der Waals surface area contributed by atoms with Crippen LogP contribution >= 0.6 is 11.6 Å². The van der Waals surface area contributed by atoms with Gasteiger partial charge in [-0.2, -0.15) is 0 Å². The second-order valence-corrected chi connectivity index (χ2v) is 6.75. The van der Waals surface area contributed by atoms with E-state index in [1.807, 2.05) is 60.7 Å². The summed E-state index contributed by atoms with van der Waals surface area (Å²) in [5.41, 5.74) is 4.17. The largest absolute Gasteiger partial charge is 0.356 e. The van der Waals surface area contributed by atoms with E-state index in [1.165, 1.54) is 6.92 Å². The Labute approximate surface area is 168 Å². The average Bonchev–Trinajstić information content (AvgIpc) is 2.66. The monoisotopic (exact) mass is 393 g/mol. The van der Waals surface area contributed by atoms with Gasteiger partial charge in [-0.05, 0) is 66.2 Å². The zero-order chi connectivity index (χ0) is 19.9. The van der Waals surface area contributed by atoms with Crippen LogP contribution in [0.3, 0.4) is 0 Å². The van der Waals surface area contributed by atoms with Gasteiger partial charge in [-0.15, -0.1) is 0 Å². The minimum atomic E-state index is -0.102. The van der Waals surface area contributed by atoms with Crippen LogP contribution in [0.4, 0.5) is 22.7 Å². The highest BCUT2D eigenvalue weighted by atomic mass is 35.5. The minimum Gasteiger partial charge on any atom is -0.356 e. The molecule has 0 saturated carbocycles. The first kappa shape index (κ1) is 19.5. The SMILES string of the molecule is CC(=O)Nc1ccc(Nc2ccc(NC(=O)Cc3ccc(Cl)cc3)cc2)cc1. The van der Waals surface area contributed by atoms with Crippen molar-refractivity contribution in [1.82, 2.24) is 0 Å². The molecular weight excluding hydrogens is 374 g/mol. The molecule has 0 fully saturated rings. The summed E-state index contributed by atoms with van der Waals surface area (Å²) in [5, 5.41) is 9.53. The Morgan fingerprint density at radius 3 is 1.68 bits per heavy atom. The van der Waals surface area contributed by atoms with Crippen molar-refractivity contribution < 1.29 is 9.59 Å². The van der Waals surface area contributed by atoms with E-state index in [4.69, 9.17) is 11.6 Å². The first-order valence-corrected chi connectivity index (χ1v) is 9.15. The lowest BCUT2D eigenvalue weighted by Gasteiger charge is -2.10. The van der Waals surface area contributed by atoms with Gasteiger partial charge in [-0.25, -0.2) is 0 Å². The summed E-state index contributed by atoms with van der Waals surface area (Å²) < 4.78 is 0. The first-order chi connectivity index (χ1) is 13.5. The summed E-state index contributed by atoms with van der Waals surface area (Å²) in [5.74, 6) is -0.189. The average molecular weight is 394 g/mol. The predicted octanol–water partition coefficient (Wildman–Crippen LogP) is 5.22. The third kappa shape index (κ3) is 5.86. The van der Waals surface area contributed by atoms with Crippen molar-refractivity contribution >= 4 is 46.2 Å². The number of carbonyl (C=O) groups excluding carboxylic acids is 2. The smallest absolute Gasteiger partial charge is 0.228 e. The van der Waals surface area contributed by atoms with E-state index < -0.39 is 0 Å². The highest BCUT2D eigenvalue weighted by Crippen LogP contribution is 2.21. The third-order valence-electron chi connectivity index (χ3n) is 3.94. The number of halogens is 1. The molecule has 0 saturated heterocycles. The van der Waals surface area contributed by atoms with Crippen LogP contribution in [-0.4, -0.2) is 11.8 Å². The molecule has 0 radical (unpaired) electrons. The maximum Gasteiger partial charge on any atom is 0.228 e. The van der Waals surface area contributed by atoms with E-state index in [0.29, 0.717) is 5.02 Å². The molecule has 142 valence electrons. The molecule has 2 amide bonds. The van der Waals surface area contributed by atoms with Gasteiger partial charge in [0.05, 0.1) is 6.42 Å². The fraction of sp³-hybridized carbons (Fsp3) is 0.0909. The molecule has 0 aliphatic heterocycles. The van der Waals surface area contributed by atoms with E-state index in [0.717, 1.165) is 28.3 Å². The summed E-state index contributed by atoms with van der Waals surface area (Å²) in [6.07, 6.45) is 0.290. The maximum atomic E-state index is 12.2. The molecule has 0 heterocycles. The molecule has 0 atom stereocenters. The summed E-state index contributed by atoms with van der Waals surface area (Å²) in [6, 6.07) is 22.1. The van der Waals surface area contributed by atoms with Crippen LogP contribution in [0.2, 0.25) is 5.02 Å². The number of amides is 2. The molecule has 6 heteroatoms. The van der Waals surface area contributed by atoms with Crippen LogP contribution in [0.5, 0.6) is 0 Å². The molecule has 0 aromatic heterocycles. The second kappa shape index (κ2) is 9.06. The van der Waals surface area contributed by atoms with Gasteiger partial charge < -0.3 is 16.0 Å². The quantitative estimate of drug-likeness (QED) is 0.537.